The second-order valence-corrected chi connectivity index (χ2v) is 4.70. The summed E-state index contributed by atoms with van der Waals surface area (Å²) in [6.07, 6.45) is 5.94. The molecule has 0 spiro atoms. The zero-order valence-corrected chi connectivity index (χ0v) is 12.1. The summed E-state index contributed by atoms with van der Waals surface area (Å²) in [5.41, 5.74) is 0.696. The Kier molecular flexibility index (Phi) is 7.60. The summed E-state index contributed by atoms with van der Waals surface area (Å²) in [4.78, 5) is 36.2. The van der Waals surface area contributed by atoms with Gasteiger partial charge in [0.05, 0.1) is 6.54 Å². The van der Waals surface area contributed by atoms with Crippen molar-refractivity contribution in [2.45, 2.75) is 38.9 Å². The van der Waals surface area contributed by atoms with Crippen molar-refractivity contribution in [2.24, 2.45) is 4.99 Å². The molecule has 116 valence electrons. The zero-order valence-electron chi connectivity index (χ0n) is 12.1. The molecule has 0 aromatic carbocycles. The Morgan fingerprint density at radius 3 is 2.81 bits per heavy atom. The van der Waals surface area contributed by atoms with Gasteiger partial charge in [-0.15, -0.1) is 0 Å². The summed E-state index contributed by atoms with van der Waals surface area (Å²) in [6.45, 7) is 2.82. The van der Waals surface area contributed by atoms with E-state index in [0.29, 0.717) is 18.8 Å². The van der Waals surface area contributed by atoms with Gasteiger partial charge in [-0.2, -0.15) is 0 Å². The second kappa shape index (κ2) is 9.55. The maximum atomic E-state index is 11.6. The molecule has 0 aromatic heterocycles. The van der Waals surface area contributed by atoms with Crippen LogP contribution in [-0.4, -0.2) is 37.4 Å². The van der Waals surface area contributed by atoms with E-state index in [2.05, 4.69) is 26.3 Å². The minimum atomic E-state index is -0.594. The lowest BCUT2D eigenvalue weighted by Gasteiger charge is -2.25. The molecule has 1 aliphatic heterocycles. The summed E-state index contributed by atoms with van der Waals surface area (Å²) in [5, 5.41) is 10.8. The number of amides is 3. The molecule has 1 unspecified atom stereocenters. The number of nitrogens with zero attached hydrogens (tertiary/aromatic N) is 1. The van der Waals surface area contributed by atoms with Crippen LogP contribution in [0, 0.1) is 0 Å². The third-order valence-electron chi connectivity index (χ3n) is 2.83. The normalized spacial score (nSPS) is 16.9. The number of nitrogens with one attached hydrogen (secondary N) is 4. The first kappa shape index (κ1) is 16.7. The highest BCUT2D eigenvalue weighted by molar-refractivity contribution is 5.89. The average molecular weight is 295 g/mol. The Hall–Kier alpha value is -2.34. The number of carbonyl (C=O) groups excluding carboxylic acids is 3. The molecule has 0 aromatic rings. The Morgan fingerprint density at radius 2 is 2.10 bits per heavy atom. The van der Waals surface area contributed by atoms with Crippen LogP contribution in [0.3, 0.4) is 0 Å². The van der Waals surface area contributed by atoms with E-state index in [4.69, 9.17) is 0 Å². The minimum Gasteiger partial charge on any atom is -0.352 e. The van der Waals surface area contributed by atoms with Gasteiger partial charge in [0.2, 0.25) is 12.0 Å². The second-order valence-electron chi connectivity index (χ2n) is 4.70. The summed E-state index contributed by atoms with van der Waals surface area (Å²) >= 11 is 0. The fraction of sp³-hybridized carbons (Fsp3) is 0.615. The molecule has 0 saturated heterocycles. The lowest BCUT2D eigenvalue weighted by atomic mass is 10.2. The molecule has 1 atom stereocenters. The summed E-state index contributed by atoms with van der Waals surface area (Å²) in [7, 11) is 0. The van der Waals surface area contributed by atoms with Crippen LogP contribution in [0.4, 0.5) is 4.79 Å². The average Bonchev–Trinajstić information content (AvgIpc) is 2.40. The minimum absolute atomic E-state index is 0.241. The van der Waals surface area contributed by atoms with Crippen molar-refractivity contribution in [2.75, 3.05) is 13.1 Å². The molecular weight excluding hydrogens is 274 g/mol. The first-order valence-corrected chi connectivity index (χ1v) is 6.95. The van der Waals surface area contributed by atoms with Gasteiger partial charge >= 0.3 is 6.03 Å². The molecule has 0 bridgehead atoms. The molecular formula is C13H21N5O3. The number of hydrogen-bond acceptors (Lipinski definition) is 5. The van der Waals surface area contributed by atoms with Gasteiger partial charge in [0.25, 0.3) is 0 Å². The SMILES string of the molecule is CC1=CC(=O)NC(NC(=O)NCCCCCCN=C=O)N1. The number of rotatable bonds is 8. The van der Waals surface area contributed by atoms with Crippen molar-refractivity contribution < 1.29 is 14.4 Å². The molecule has 3 amide bonds. The fourth-order valence-electron chi connectivity index (χ4n) is 1.86. The number of aliphatic imine (C=N–C) groups is 1. The first-order valence-electron chi connectivity index (χ1n) is 6.95. The molecule has 4 N–H and O–H groups in total. The van der Waals surface area contributed by atoms with E-state index in [1.54, 1.807) is 6.92 Å². The maximum absolute atomic E-state index is 11.6. The topological polar surface area (TPSA) is 112 Å². The molecule has 0 saturated carbocycles. The van der Waals surface area contributed by atoms with Crippen LogP contribution >= 0.6 is 0 Å². The van der Waals surface area contributed by atoms with Crippen molar-refractivity contribution in [3.05, 3.63) is 11.8 Å². The molecule has 1 aliphatic rings. The van der Waals surface area contributed by atoms with E-state index in [1.165, 1.54) is 12.2 Å². The lowest BCUT2D eigenvalue weighted by molar-refractivity contribution is -0.118. The fourth-order valence-corrected chi connectivity index (χ4v) is 1.86. The van der Waals surface area contributed by atoms with E-state index in [9.17, 15) is 14.4 Å². The zero-order chi connectivity index (χ0) is 15.5. The Morgan fingerprint density at radius 1 is 1.33 bits per heavy atom. The van der Waals surface area contributed by atoms with Crippen LogP contribution in [0.25, 0.3) is 0 Å². The number of urea groups is 1. The maximum Gasteiger partial charge on any atom is 0.317 e. The molecule has 1 rings (SSSR count). The quantitative estimate of drug-likeness (QED) is 0.289. The summed E-state index contributed by atoms with van der Waals surface area (Å²) in [6, 6.07) is -0.340. The van der Waals surface area contributed by atoms with E-state index < -0.39 is 6.29 Å². The van der Waals surface area contributed by atoms with Gasteiger partial charge in [0.1, 0.15) is 0 Å². The predicted molar refractivity (Wildman–Crippen MR) is 76.8 cm³/mol. The summed E-state index contributed by atoms with van der Waals surface area (Å²) < 4.78 is 0. The number of hydrogen-bond donors (Lipinski definition) is 4. The highest BCUT2D eigenvalue weighted by atomic mass is 16.2. The highest BCUT2D eigenvalue weighted by Gasteiger charge is 2.17. The molecule has 8 heteroatoms. The first-order chi connectivity index (χ1) is 10.1. The number of isocyanates is 1. The Bertz CT molecular complexity index is 443. The lowest BCUT2D eigenvalue weighted by Crippen LogP contribution is -2.59. The Labute approximate surface area is 123 Å². The molecule has 0 fully saturated rings. The molecule has 8 nitrogen and oxygen atoms in total. The van der Waals surface area contributed by atoms with Gasteiger partial charge in [0, 0.05) is 18.3 Å². The van der Waals surface area contributed by atoms with Crippen LogP contribution in [0.1, 0.15) is 32.6 Å². The van der Waals surface area contributed by atoms with Gasteiger partial charge in [-0.3, -0.25) is 4.79 Å². The predicted octanol–water partition coefficient (Wildman–Crippen LogP) is 0.0886. The highest BCUT2D eigenvalue weighted by Crippen LogP contribution is 1.99. The smallest absolute Gasteiger partial charge is 0.317 e. The number of carbonyl (C=O) groups is 2. The van der Waals surface area contributed by atoms with Crippen LogP contribution in [-0.2, 0) is 9.59 Å². The van der Waals surface area contributed by atoms with Gasteiger partial charge in [-0.05, 0) is 19.8 Å². The van der Waals surface area contributed by atoms with E-state index in [1.807, 2.05) is 0 Å². The van der Waals surface area contributed by atoms with Gasteiger partial charge in [-0.25, -0.2) is 14.6 Å². The number of unbranched alkanes of at least 4 members (excludes halogenated alkanes) is 3. The van der Waals surface area contributed by atoms with Gasteiger partial charge < -0.3 is 21.3 Å². The van der Waals surface area contributed by atoms with Gasteiger partial charge in [0.15, 0.2) is 6.29 Å². The van der Waals surface area contributed by atoms with E-state index >= 15 is 0 Å². The Balaban J connectivity index is 2.05. The molecule has 1 heterocycles. The molecule has 0 aliphatic carbocycles. The van der Waals surface area contributed by atoms with E-state index in [0.717, 1.165) is 25.7 Å². The van der Waals surface area contributed by atoms with Crippen molar-refractivity contribution in [3.8, 4) is 0 Å². The monoisotopic (exact) mass is 295 g/mol. The third-order valence-corrected chi connectivity index (χ3v) is 2.83. The summed E-state index contributed by atoms with van der Waals surface area (Å²) in [5.74, 6) is -0.241. The van der Waals surface area contributed by atoms with Crippen molar-refractivity contribution in [3.63, 3.8) is 0 Å². The van der Waals surface area contributed by atoms with Crippen molar-refractivity contribution in [1.82, 2.24) is 21.3 Å². The largest absolute Gasteiger partial charge is 0.352 e. The van der Waals surface area contributed by atoms with Crippen LogP contribution in [0.2, 0.25) is 0 Å². The van der Waals surface area contributed by atoms with Crippen LogP contribution in [0.5, 0.6) is 0 Å². The van der Waals surface area contributed by atoms with Crippen LogP contribution < -0.4 is 21.3 Å². The molecule has 21 heavy (non-hydrogen) atoms. The standard InChI is InChI=1S/C13H21N5O3/c1-10-8-11(20)17-12(16-10)18-13(21)15-7-5-3-2-4-6-14-9-19/h8,12,16H,2-7H2,1H3,(H,17,20)(H2,15,18,21). The van der Waals surface area contributed by atoms with Crippen LogP contribution in [0.15, 0.2) is 16.8 Å². The number of allylic oxidation sites excluding steroid dienone is 1. The molecule has 0 radical (unpaired) electrons. The van der Waals surface area contributed by atoms with E-state index in [-0.39, 0.29) is 11.9 Å². The third kappa shape index (κ3) is 7.74. The van der Waals surface area contributed by atoms with Crippen molar-refractivity contribution in [1.29, 1.82) is 0 Å². The van der Waals surface area contributed by atoms with Gasteiger partial charge in [-0.1, -0.05) is 12.8 Å². The van der Waals surface area contributed by atoms with Crippen molar-refractivity contribution >= 4 is 18.0 Å².